The van der Waals surface area contributed by atoms with Gasteiger partial charge in [-0.2, -0.15) is 0 Å². The fourth-order valence-electron chi connectivity index (χ4n) is 2.20. The number of halogens is 3. The molecule has 1 aromatic heterocycles. The van der Waals surface area contributed by atoms with Gasteiger partial charge in [0, 0.05) is 10.0 Å². The van der Waals surface area contributed by atoms with Gasteiger partial charge in [0.15, 0.2) is 5.76 Å². The predicted octanol–water partition coefficient (Wildman–Crippen LogP) is 5.06. The first-order valence-electron chi connectivity index (χ1n) is 6.41. The second-order valence-electron chi connectivity index (χ2n) is 4.60. The van der Waals surface area contributed by atoms with Crippen LogP contribution in [-0.2, 0) is 6.61 Å². The molecule has 3 rings (SSSR count). The highest BCUT2D eigenvalue weighted by Gasteiger charge is 2.22. The fourth-order valence-corrected chi connectivity index (χ4v) is 2.79. The topological polar surface area (TPSA) is 46.3 Å². The Morgan fingerprint density at radius 2 is 1.95 bits per heavy atom. The number of aromatic nitrogens is 1. The summed E-state index contributed by atoms with van der Waals surface area (Å²) in [5.41, 5.74) is 1.65. The van der Waals surface area contributed by atoms with Crippen molar-refractivity contribution < 1.29 is 14.0 Å². The quantitative estimate of drug-likeness (QED) is 0.689. The minimum absolute atomic E-state index is 0.191. The molecular formula is C16H10BrClFNO2. The van der Waals surface area contributed by atoms with Gasteiger partial charge in [-0.25, -0.2) is 4.39 Å². The average Bonchev–Trinajstić information content (AvgIpc) is 2.93. The summed E-state index contributed by atoms with van der Waals surface area (Å²) >= 11 is 9.45. The standard InChI is InChI=1S/C16H10BrClFNO2/c17-9-5-6-14(19)11(7-9)16-12(8-21)15(20-22-16)10-3-1-2-4-13(10)18/h1-7,21H,8H2. The first-order chi connectivity index (χ1) is 10.6. The van der Waals surface area contributed by atoms with Crippen LogP contribution in [0, 0.1) is 5.82 Å². The van der Waals surface area contributed by atoms with E-state index in [4.69, 9.17) is 16.1 Å². The molecular weight excluding hydrogens is 373 g/mol. The number of nitrogens with zero attached hydrogens (tertiary/aromatic N) is 1. The number of hydrogen-bond acceptors (Lipinski definition) is 3. The van der Waals surface area contributed by atoms with Crippen molar-refractivity contribution in [3.8, 4) is 22.6 Å². The van der Waals surface area contributed by atoms with E-state index in [0.29, 0.717) is 26.3 Å². The second kappa shape index (κ2) is 6.20. The highest BCUT2D eigenvalue weighted by atomic mass is 79.9. The van der Waals surface area contributed by atoms with Gasteiger partial charge in [-0.15, -0.1) is 0 Å². The van der Waals surface area contributed by atoms with E-state index in [1.54, 1.807) is 36.4 Å². The summed E-state index contributed by atoms with van der Waals surface area (Å²) in [4.78, 5) is 0. The maximum atomic E-state index is 14.0. The van der Waals surface area contributed by atoms with Crippen molar-refractivity contribution in [3.63, 3.8) is 0 Å². The van der Waals surface area contributed by atoms with Gasteiger partial charge in [-0.05, 0) is 24.3 Å². The molecule has 0 saturated carbocycles. The maximum absolute atomic E-state index is 14.0. The van der Waals surface area contributed by atoms with Crippen LogP contribution in [0.5, 0.6) is 0 Å². The first kappa shape index (κ1) is 15.2. The summed E-state index contributed by atoms with van der Waals surface area (Å²) in [5.74, 6) is -0.268. The van der Waals surface area contributed by atoms with E-state index in [2.05, 4.69) is 21.1 Å². The second-order valence-corrected chi connectivity index (χ2v) is 5.92. The summed E-state index contributed by atoms with van der Waals surface area (Å²) in [6.45, 7) is -0.342. The summed E-state index contributed by atoms with van der Waals surface area (Å²) in [6, 6.07) is 11.6. The fraction of sp³-hybridized carbons (Fsp3) is 0.0625. The van der Waals surface area contributed by atoms with Gasteiger partial charge in [-0.3, -0.25) is 0 Å². The lowest BCUT2D eigenvalue weighted by molar-refractivity contribution is 0.281. The highest BCUT2D eigenvalue weighted by Crippen LogP contribution is 2.37. The van der Waals surface area contributed by atoms with Gasteiger partial charge in [0.2, 0.25) is 0 Å². The van der Waals surface area contributed by atoms with Gasteiger partial charge < -0.3 is 9.63 Å². The van der Waals surface area contributed by atoms with Gasteiger partial charge >= 0.3 is 0 Å². The van der Waals surface area contributed by atoms with Crippen LogP contribution in [0.15, 0.2) is 51.5 Å². The Bertz CT molecular complexity index is 835. The number of benzene rings is 2. The van der Waals surface area contributed by atoms with Gasteiger partial charge in [-0.1, -0.05) is 50.9 Å². The maximum Gasteiger partial charge on any atom is 0.175 e. The minimum atomic E-state index is -0.459. The molecule has 3 nitrogen and oxygen atoms in total. The van der Waals surface area contributed by atoms with Crippen LogP contribution in [0.3, 0.4) is 0 Å². The third-order valence-corrected chi connectivity index (χ3v) is 4.07. The lowest BCUT2D eigenvalue weighted by Crippen LogP contribution is -1.91. The molecule has 112 valence electrons. The van der Waals surface area contributed by atoms with Crippen molar-refractivity contribution >= 4 is 27.5 Å². The molecule has 1 heterocycles. The third kappa shape index (κ3) is 2.67. The van der Waals surface area contributed by atoms with Crippen molar-refractivity contribution in [1.82, 2.24) is 5.16 Å². The van der Waals surface area contributed by atoms with Crippen molar-refractivity contribution in [2.45, 2.75) is 6.61 Å². The summed E-state index contributed by atoms with van der Waals surface area (Å²) < 4.78 is 20.0. The Balaban J connectivity index is 2.20. The number of aliphatic hydroxyl groups is 1. The minimum Gasteiger partial charge on any atom is -0.391 e. The van der Waals surface area contributed by atoms with Crippen molar-refractivity contribution in [1.29, 1.82) is 0 Å². The molecule has 22 heavy (non-hydrogen) atoms. The SMILES string of the molecule is OCc1c(-c2ccccc2Cl)noc1-c1cc(Br)ccc1F. The molecule has 0 unspecified atom stereocenters. The predicted molar refractivity (Wildman–Crippen MR) is 86.0 cm³/mol. The molecule has 0 aliphatic rings. The molecule has 1 N–H and O–H groups in total. The van der Waals surface area contributed by atoms with E-state index in [0.717, 1.165) is 0 Å². The van der Waals surface area contributed by atoms with Crippen LogP contribution in [0.1, 0.15) is 5.56 Å². The van der Waals surface area contributed by atoms with Crippen LogP contribution in [-0.4, -0.2) is 10.3 Å². The molecule has 0 bridgehead atoms. The van der Waals surface area contributed by atoms with Crippen molar-refractivity contribution in [2.75, 3.05) is 0 Å². The Morgan fingerprint density at radius 3 is 2.68 bits per heavy atom. The van der Waals surface area contributed by atoms with E-state index in [1.165, 1.54) is 6.07 Å². The molecule has 0 atom stereocenters. The lowest BCUT2D eigenvalue weighted by atomic mass is 10.0. The summed E-state index contributed by atoms with van der Waals surface area (Å²) in [6.07, 6.45) is 0. The van der Waals surface area contributed by atoms with Crippen LogP contribution >= 0.6 is 27.5 Å². The zero-order valence-electron chi connectivity index (χ0n) is 11.2. The first-order valence-corrected chi connectivity index (χ1v) is 7.58. The molecule has 6 heteroatoms. The molecule has 2 aromatic carbocycles. The Morgan fingerprint density at radius 1 is 1.18 bits per heavy atom. The highest BCUT2D eigenvalue weighted by molar-refractivity contribution is 9.10. The van der Waals surface area contributed by atoms with Crippen LogP contribution in [0.4, 0.5) is 4.39 Å². The van der Waals surface area contributed by atoms with E-state index in [-0.39, 0.29) is 17.9 Å². The largest absolute Gasteiger partial charge is 0.391 e. The van der Waals surface area contributed by atoms with E-state index < -0.39 is 5.82 Å². The zero-order chi connectivity index (χ0) is 15.7. The van der Waals surface area contributed by atoms with Crippen LogP contribution in [0.2, 0.25) is 5.02 Å². The van der Waals surface area contributed by atoms with Crippen LogP contribution < -0.4 is 0 Å². The van der Waals surface area contributed by atoms with E-state index >= 15 is 0 Å². The van der Waals surface area contributed by atoms with E-state index in [1.807, 2.05) is 0 Å². The molecule has 0 aliphatic heterocycles. The molecule has 0 amide bonds. The smallest absolute Gasteiger partial charge is 0.175 e. The Labute approximate surface area is 139 Å². The molecule has 0 aliphatic carbocycles. The number of rotatable bonds is 3. The Hall–Kier alpha value is -1.69. The van der Waals surface area contributed by atoms with Gasteiger partial charge in [0.05, 0.1) is 22.8 Å². The van der Waals surface area contributed by atoms with Gasteiger partial charge in [0.1, 0.15) is 11.5 Å². The summed E-state index contributed by atoms with van der Waals surface area (Å²) in [5, 5.41) is 14.1. The average molecular weight is 383 g/mol. The monoisotopic (exact) mass is 381 g/mol. The molecule has 0 radical (unpaired) electrons. The van der Waals surface area contributed by atoms with E-state index in [9.17, 15) is 9.50 Å². The van der Waals surface area contributed by atoms with Crippen molar-refractivity contribution in [2.24, 2.45) is 0 Å². The molecule has 0 saturated heterocycles. The summed E-state index contributed by atoms with van der Waals surface area (Å²) in [7, 11) is 0. The molecule has 0 fully saturated rings. The zero-order valence-corrected chi connectivity index (χ0v) is 13.5. The van der Waals surface area contributed by atoms with Crippen LogP contribution in [0.25, 0.3) is 22.6 Å². The Kier molecular flexibility index (Phi) is 4.29. The number of hydrogen-bond donors (Lipinski definition) is 1. The normalized spacial score (nSPS) is 10.9. The molecule has 0 spiro atoms. The van der Waals surface area contributed by atoms with Crippen molar-refractivity contribution in [3.05, 3.63) is 63.3 Å². The molecule has 3 aromatic rings. The number of aliphatic hydroxyl groups excluding tert-OH is 1. The van der Waals surface area contributed by atoms with Gasteiger partial charge in [0.25, 0.3) is 0 Å². The lowest BCUT2D eigenvalue weighted by Gasteiger charge is -2.04. The third-order valence-electron chi connectivity index (χ3n) is 3.25.